The summed E-state index contributed by atoms with van der Waals surface area (Å²) in [5.74, 6) is -1.45. The molecule has 1 atom stereocenters. The molecule has 0 saturated carbocycles. The Bertz CT molecular complexity index is 1570. The molecule has 5 heterocycles. The van der Waals surface area contributed by atoms with Crippen LogP contribution in [0.3, 0.4) is 0 Å². The van der Waals surface area contributed by atoms with Crippen molar-refractivity contribution in [2.45, 2.75) is 52.0 Å². The molecule has 2 N–H and O–H groups in total. The van der Waals surface area contributed by atoms with Crippen molar-refractivity contribution in [2.24, 2.45) is 13.0 Å². The lowest BCUT2D eigenvalue weighted by atomic mass is 9.90. The molecule has 0 bridgehead atoms. The Morgan fingerprint density at radius 1 is 1.15 bits per heavy atom. The number of amides is 1. The average Bonchev–Trinajstić information content (AvgIpc) is 3.41. The smallest absolute Gasteiger partial charge is 0.265 e. The number of hydrogen-bond donors (Lipinski definition) is 2. The molecule has 0 radical (unpaired) electrons. The molecule has 0 aliphatic carbocycles. The second-order valence-electron chi connectivity index (χ2n) is 11.6. The van der Waals surface area contributed by atoms with Crippen LogP contribution < -0.4 is 15.4 Å². The minimum Gasteiger partial charge on any atom is -0.455 e. The molecule has 1 amide bonds. The van der Waals surface area contributed by atoms with E-state index in [1.54, 1.807) is 41.0 Å². The predicted molar refractivity (Wildman–Crippen MR) is 152 cm³/mol. The van der Waals surface area contributed by atoms with Crippen molar-refractivity contribution < 1.29 is 18.3 Å². The Morgan fingerprint density at radius 3 is 2.63 bits per heavy atom. The van der Waals surface area contributed by atoms with E-state index in [4.69, 9.17) is 4.74 Å². The molecule has 13 heteroatoms. The fourth-order valence-corrected chi connectivity index (χ4v) is 5.00. The number of fused-ring (bicyclic) bond motifs is 1. The first kappa shape index (κ1) is 28.4. The lowest BCUT2D eigenvalue weighted by Crippen LogP contribution is -2.48. The van der Waals surface area contributed by atoms with E-state index in [-0.39, 0.29) is 24.4 Å². The number of nitrogens with one attached hydrogen (secondary N) is 2. The van der Waals surface area contributed by atoms with Crippen LogP contribution in [-0.4, -0.2) is 66.2 Å². The van der Waals surface area contributed by atoms with Crippen LogP contribution in [-0.2, 0) is 23.8 Å². The fraction of sp³-hybridized carbons (Fsp3) is 0.464. The van der Waals surface area contributed by atoms with Gasteiger partial charge in [0.1, 0.15) is 17.3 Å². The van der Waals surface area contributed by atoms with Crippen molar-refractivity contribution in [3.8, 4) is 11.5 Å². The third-order valence-electron chi connectivity index (χ3n) is 7.10. The quantitative estimate of drug-likeness (QED) is 0.323. The predicted octanol–water partition coefficient (Wildman–Crippen LogP) is 4.94. The van der Waals surface area contributed by atoms with Gasteiger partial charge in [-0.3, -0.25) is 9.48 Å². The highest BCUT2D eigenvalue weighted by Crippen LogP contribution is 2.36. The average molecular weight is 568 g/mol. The molecule has 4 aromatic heterocycles. The van der Waals surface area contributed by atoms with Gasteiger partial charge in [-0.2, -0.15) is 10.1 Å². The lowest BCUT2D eigenvalue weighted by molar-refractivity contribution is -0.114. The second kappa shape index (κ2) is 10.7. The van der Waals surface area contributed by atoms with Crippen molar-refractivity contribution in [3.63, 3.8) is 0 Å². The molecule has 41 heavy (non-hydrogen) atoms. The zero-order valence-electron chi connectivity index (χ0n) is 24.1. The number of hydrogen-bond acceptors (Lipinski definition) is 8. The molecule has 1 saturated heterocycles. The van der Waals surface area contributed by atoms with Gasteiger partial charge < -0.3 is 24.8 Å². The van der Waals surface area contributed by atoms with E-state index in [0.717, 1.165) is 5.69 Å². The topological polar surface area (TPSA) is 115 Å². The maximum absolute atomic E-state index is 14.8. The third-order valence-corrected chi connectivity index (χ3v) is 7.10. The molecule has 0 aromatic carbocycles. The third kappa shape index (κ3) is 6.29. The van der Waals surface area contributed by atoms with Gasteiger partial charge in [0, 0.05) is 61.9 Å². The Labute approximate surface area is 236 Å². The van der Waals surface area contributed by atoms with Crippen LogP contribution in [0, 0.1) is 5.92 Å². The minimum atomic E-state index is -2.79. The molecule has 1 aliphatic heterocycles. The summed E-state index contributed by atoms with van der Waals surface area (Å²) in [5.41, 5.74) is 1.76. The molecule has 11 nitrogen and oxygen atoms in total. The molecule has 5 rings (SSSR count). The van der Waals surface area contributed by atoms with Crippen LogP contribution in [0.2, 0.25) is 0 Å². The summed E-state index contributed by atoms with van der Waals surface area (Å²) in [6.45, 7) is 8.06. The summed E-state index contributed by atoms with van der Waals surface area (Å²) in [7, 11) is 3.57. The molecule has 0 spiro atoms. The first-order valence-corrected chi connectivity index (χ1v) is 13.4. The highest BCUT2D eigenvalue weighted by Gasteiger charge is 2.44. The number of anilines is 3. The van der Waals surface area contributed by atoms with Gasteiger partial charge in [-0.1, -0.05) is 20.8 Å². The number of halogens is 2. The number of carbonyl (C=O) groups is 1. The van der Waals surface area contributed by atoms with E-state index < -0.39 is 11.8 Å². The van der Waals surface area contributed by atoms with Gasteiger partial charge in [0.15, 0.2) is 11.5 Å². The van der Waals surface area contributed by atoms with Crippen LogP contribution in [0.5, 0.6) is 11.5 Å². The molecular weight excluding hydrogens is 532 g/mol. The summed E-state index contributed by atoms with van der Waals surface area (Å²) in [5, 5.41) is 10.6. The van der Waals surface area contributed by atoms with E-state index in [1.165, 1.54) is 13.1 Å². The van der Waals surface area contributed by atoms with E-state index in [1.807, 2.05) is 38.5 Å². The number of aromatic nitrogens is 6. The summed E-state index contributed by atoms with van der Waals surface area (Å²) in [4.78, 5) is 26.2. The number of nitrogens with zero attached hydrogens (tertiary/aromatic N) is 7. The van der Waals surface area contributed by atoms with Gasteiger partial charge in [0.2, 0.25) is 11.9 Å². The van der Waals surface area contributed by atoms with Crippen molar-refractivity contribution in [1.82, 2.24) is 34.2 Å². The molecule has 1 fully saturated rings. The second-order valence-corrected chi connectivity index (χ2v) is 11.6. The van der Waals surface area contributed by atoms with Crippen LogP contribution in [0.15, 0.2) is 36.7 Å². The standard InChI is InChI=1S/C28H35F2N9O2/c1-17(40)33-23-12-19(7-9-31-23)41-20-11-21-25(32-14-20)35-26(38(21)6)34-24-13-22(27(2,3)4)39(36-24)15-18-8-10-37(5)16-28(18,29)30/h7,9,11-14,18H,8,10,15-16H2,1-6H3,(H,31,33,40)(H,32,34,35,36)/t18-/m1/s1. The summed E-state index contributed by atoms with van der Waals surface area (Å²) >= 11 is 0. The minimum absolute atomic E-state index is 0.137. The largest absolute Gasteiger partial charge is 0.455 e. The first-order chi connectivity index (χ1) is 19.3. The summed E-state index contributed by atoms with van der Waals surface area (Å²) in [6.07, 6.45) is 3.51. The highest BCUT2D eigenvalue weighted by molar-refractivity contribution is 5.87. The van der Waals surface area contributed by atoms with Crippen LogP contribution in [0.1, 0.15) is 39.8 Å². The number of rotatable bonds is 7. The first-order valence-electron chi connectivity index (χ1n) is 13.4. The number of alkyl halides is 2. The maximum Gasteiger partial charge on any atom is 0.265 e. The fourth-order valence-electron chi connectivity index (χ4n) is 5.00. The number of carbonyl (C=O) groups excluding carboxylic acids is 1. The Balaban J connectivity index is 1.38. The van der Waals surface area contributed by atoms with Gasteiger partial charge in [0.25, 0.3) is 5.92 Å². The molecule has 0 unspecified atom stereocenters. The number of ether oxygens (including phenoxy) is 1. The van der Waals surface area contributed by atoms with Gasteiger partial charge in [-0.25, -0.2) is 18.7 Å². The lowest BCUT2D eigenvalue weighted by Gasteiger charge is -2.37. The van der Waals surface area contributed by atoms with Gasteiger partial charge >= 0.3 is 0 Å². The van der Waals surface area contributed by atoms with Gasteiger partial charge in [-0.15, -0.1) is 0 Å². The summed E-state index contributed by atoms with van der Waals surface area (Å²) < 4.78 is 39.2. The zero-order chi connectivity index (χ0) is 29.5. The van der Waals surface area contributed by atoms with E-state index >= 15 is 0 Å². The van der Waals surface area contributed by atoms with Crippen LogP contribution >= 0.6 is 0 Å². The Morgan fingerprint density at radius 2 is 1.93 bits per heavy atom. The van der Waals surface area contributed by atoms with Gasteiger partial charge in [-0.05, 0) is 26.1 Å². The van der Waals surface area contributed by atoms with E-state index in [2.05, 4.69) is 30.7 Å². The number of pyridine rings is 2. The van der Waals surface area contributed by atoms with Gasteiger partial charge in [0.05, 0.1) is 18.3 Å². The monoisotopic (exact) mass is 567 g/mol. The maximum atomic E-state index is 14.8. The SMILES string of the molecule is CC(=O)Nc1cc(Oc2cnc3nc(Nc4cc(C(C)(C)C)n(C[C@H]5CCN(C)CC5(F)F)n4)n(C)c3c2)ccn1. The Kier molecular flexibility index (Phi) is 7.41. The number of likely N-dealkylation sites (tertiary alicyclic amines) is 1. The van der Waals surface area contributed by atoms with Crippen molar-refractivity contribution in [2.75, 3.05) is 30.8 Å². The molecule has 1 aliphatic rings. The van der Waals surface area contributed by atoms with Crippen LogP contribution in [0.4, 0.5) is 26.4 Å². The Hall–Kier alpha value is -4.13. The molecule has 218 valence electrons. The van der Waals surface area contributed by atoms with Crippen molar-refractivity contribution >= 4 is 34.7 Å². The van der Waals surface area contributed by atoms with E-state index in [9.17, 15) is 13.6 Å². The molecular formula is C28H35F2N9O2. The van der Waals surface area contributed by atoms with E-state index in [0.29, 0.717) is 53.2 Å². The van der Waals surface area contributed by atoms with Crippen molar-refractivity contribution in [1.29, 1.82) is 0 Å². The number of imidazole rings is 1. The highest BCUT2D eigenvalue weighted by atomic mass is 19.3. The zero-order valence-corrected chi connectivity index (χ0v) is 24.1. The summed E-state index contributed by atoms with van der Waals surface area (Å²) in [6, 6.07) is 6.99. The van der Waals surface area contributed by atoms with Crippen LogP contribution in [0.25, 0.3) is 11.2 Å². The normalized spacial score (nSPS) is 17.5. The number of aryl methyl sites for hydroxylation is 1. The molecule has 4 aromatic rings. The number of piperidine rings is 1. The van der Waals surface area contributed by atoms with Crippen molar-refractivity contribution in [3.05, 3.63) is 42.4 Å².